The van der Waals surface area contributed by atoms with Gasteiger partial charge in [-0.05, 0) is 18.9 Å². The van der Waals surface area contributed by atoms with E-state index < -0.39 is 5.41 Å². The highest BCUT2D eigenvalue weighted by atomic mass is 19.1. The van der Waals surface area contributed by atoms with Gasteiger partial charge in [-0.2, -0.15) is 0 Å². The molecule has 1 N–H and O–H groups in total. The Morgan fingerprint density at radius 1 is 1.29 bits per heavy atom. The monoisotopic (exact) mass is 325 g/mol. The number of rotatable bonds is 4. The third-order valence-corrected chi connectivity index (χ3v) is 4.43. The summed E-state index contributed by atoms with van der Waals surface area (Å²) in [6.07, 6.45) is 6.38. The number of carbonyl (C=O) groups excluding carboxylic acids is 1. The molecule has 0 saturated heterocycles. The molecule has 0 radical (unpaired) electrons. The van der Waals surface area contributed by atoms with E-state index in [1.807, 2.05) is 11.6 Å². The molecular weight excluding hydrogens is 309 g/mol. The SMILES string of the molecule is Cn1cncc1-n1ccc(NC(=O)C2(c3ccccc3F)CC2)n1. The normalized spacial score (nSPS) is 15.2. The number of aromatic nitrogens is 4. The summed E-state index contributed by atoms with van der Waals surface area (Å²) in [5.41, 5.74) is -0.324. The Morgan fingerprint density at radius 3 is 2.75 bits per heavy atom. The van der Waals surface area contributed by atoms with E-state index in [0.717, 1.165) is 5.82 Å². The van der Waals surface area contributed by atoms with Crippen LogP contribution in [-0.2, 0) is 17.3 Å². The Kier molecular flexibility index (Phi) is 3.23. The average Bonchev–Trinajstić information content (AvgIpc) is 3.06. The molecule has 0 bridgehead atoms. The fraction of sp³-hybridized carbons (Fsp3) is 0.235. The van der Waals surface area contributed by atoms with E-state index in [9.17, 15) is 9.18 Å². The molecule has 1 aliphatic carbocycles. The van der Waals surface area contributed by atoms with Crippen LogP contribution in [0.15, 0.2) is 49.1 Å². The minimum atomic E-state index is -0.776. The van der Waals surface area contributed by atoms with Crippen LogP contribution in [0.5, 0.6) is 0 Å². The molecule has 1 aliphatic rings. The van der Waals surface area contributed by atoms with E-state index in [0.29, 0.717) is 24.2 Å². The van der Waals surface area contributed by atoms with Gasteiger partial charge >= 0.3 is 0 Å². The Morgan fingerprint density at radius 2 is 2.08 bits per heavy atom. The molecule has 1 saturated carbocycles. The molecule has 3 aromatic rings. The molecule has 1 fully saturated rings. The first-order valence-corrected chi connectivity index (χ1v) is 7.69. The molecule has 7 heteroatoms. The number of hydrogen-bond donors (Lipinski definition) is 1. The molecule has 1 amide bonds. The van der Waals surface area contributed by atoms with Gasteiger partial charge in [0.1, 0.15) is 5.82 Å². The third-order valence-electron chi connectivity index (χ3n) is 4.43. The average molecular weight is 325 g/mol. The van der Waals surface area contributed by atoms with Crippen LogP contribution in [-0.4, -0.2) is 25.2 Å². The van der Waals surface area contributed by atoms with Crippen molar-refractivity contribution in [1.82, 2.24) is 19.3 Å². The van der Waals surface area contributed by atoms with E-state index >= 15 is 0 Å². The van der Waals surface area contributed by atoms with Crippen molar-refractivity contribution in [3.8, 4) is 5.82 Å². The van der Waals surface area contributed by atoms with Gasteiger partial charge in [-0.1, -0.05) is 18.2 Å². The van der Waals surface area contributed by atoms with Crippen molar-refractivity contribution in [2.24, 2.45) is 7.05 Å². The van der Waals surface area contributed by atoms with Gasteiger partial charge < -0.3 is 9.88 Å². The second-order valence-corrected chi connectivity index (χ2v) is 6.02. The molecule has 0 aliphatic heterocycles. The Hall–Kier alpha value is -2.96. The molecule has 4 rings (SSSR count). The van der Waals surface area contributed by atoms with Crippen molar-refractivity contribution in [2.75, 3.05) is 5.32 Å². The van der Waals surface area contributed by atoms with Gasteiger partial charge in [-0.15, -0.1) is 5.10 Å². The smallest absolute Gasteiger partial charge is 0.236 e. The highest BCUT2D eigenvalue weighted by molar-refractivity contribution is 6.00. The number of amides is 1. The van der Waals surface area contributed by atoms with Crippen LogP contribution in [0, 0.1) is 5.82 Å². The zero-order valence-electron chi connectivity index (χ0n) is 13.1. The Balaban J connectivity index is 1.56. The predicted molar refractivity (Wildman–Crippen MR) is 86.3 cm³/mol. The van der Waals surface area contributed by atoms with Gasteiger partial charge in [0.05, 0.1) is 17.9 Å². The molecule has 24 heavy (non-hydrogen) atoms. The van der Waals surface area contributed by atoms with Crippen LogP contribution in [0.25, 0.3) is 5.82 Å². The van der Waals surface area contributed by atoms with Gasteiger partial charge in [-0.25, -0.2) is 14.1 Å². The fourth-order valence-corrected chi connectivity index (χ4v) is 2.92. The van der Waals surface area contributed by atoms with E-state index in [-0.39, 0.29) is 11.7 Å². The first-order valence-electron chi connectivity index (χ1n) is 7.69. The minimum absolute atomic E-state index is 0.220. The Labute approximate surface area is 137 Å². The van der Waals surface area contributed by atoms with Crippen LogP contribution in [0.2, 0.25) is 0 Å². The summed E-state index contributed by atoms with van der Waals surface area (Å²) in [5, 5.41) is 7.15. The van der Waals surface area contributed by atoms with Crippen molar-refractivity contribution >= 4 is 11.7 Å². The van der Waals surface area contributed by atoms with Crippen molar-refractivity contribution in [3.05, 3.63) is 60.4 Å². The van der Waals surface area contributed by atoms with Gasteiger partial charge in [0.25, 0.3) is 0 Å². The number of aryl methyl sites for hydroxylation is 1. The van der Waals surface area contributed by atoms with E-state index in [4.69, 9.17) is 0 Å². The lowest BCUT2D eigenvalue weighted by Crippen LogP contribution is -2.29. The van der Waals surface area contributed by atoms with E-state index in [2.05, 4.69) is 15.4 Å². The van der Waals surface area contributed by atoms with Crippen LogP contribution < -0.4 is 5.32 Å². The predicted octanol–water partition coefficient (Wildman–Crippen LogP) is 2.42. The van der Waals surface area contributed by atoms with Crippen LogP contribution in [0.1, 0.15) is 18.4 Å². The molecule has 0 unspecified atom stereocenters. The second-order valence-electron chi connectivity index (χ2n) is 6.02. The zero-order chi connectivity index (χ0) is 16.7. The number of benzene rings is 1. The van der Waals surface area contributed by atoms with Crippen LogP contribution in [0.4, 0.5) is 10.2 Å². The lowest BCUT2D eigenvalue weighted by atomic mass is 9.94. The summed E-state index contributed by atoms with van der Waals surface area (Å²) in [7, 11) is 1.86. The van der Waals surface area contributed by atoms with Crippen LogP contribution >= 0.6 is 0 Å². The van der Waals surface area contributed by atoms with Gasteiger partial charge in [0, 0.05) is 24.9 Å². The lowest BCUT2D eigenvalue weighted by Gasteiger charge is -2.15. The standard InChI is InChI=1S/C17H16FN5O/c1-22-11-19-10-15(22)23-9-6-14(21-23)20-16(24)17(7-8-17)12-4-2-3-5-13(12)18/h2-6,9-11H,7-8H2,1H3,(H,20,21,24). The van der Waals surface area contributed by atoms with Gasteiger partial charge in [0.2, 0.25) is 5.91 Å². The molecule has 2 heterocycles. The summed E-state index contributed by atoms with van der Waals surface area (Å²) in [5.74, 6) is 0.656. The second kappa shape index (κ2) is 5.30. The molecule has 1 aromatic carbocycles. The van der Waals surface area contributed by atoms with Crippen molar-refractivity contribution < 1.29 is 9.18 Å². The summed E-state index contributed by atoms with van der Waals surface area (Å²) < 4.78 is 17.5. The zero-order valence-corrected chi connectivity index (χ0v) is 13.1. The van der Waals surface area contributed by atoms with Crippen molar-refractivity contribution in [2.45, 2.75) is 18.3 Å². The molecule has 0 spiro atoms. The highest BCUT2D eigenvalue weighted by Crippen LogP contribution is 2.49. The molecule has 0 atom stereocenters. The number of hydrogen-bond acceptors (Lipinski definition) is 3. The van der Waals surface area contributed by atoms with Crippen LogP contribution in [0.3, 0.4) is 0 Å². The number of nitrogens with zero attached hydrogens (tertiary/aromatic N) is 4. The third kappa shape index (κ3) is 2.29. The fourth-order valence-electron chi connectivity index (χ4n) is 2.92. The maximum absolute atomic E-state index is 14.0. The van der Waals surface area contributed by atoms with Crippen molar-refractivity contribution in [3.63, 3.8) is 0 Å². The summed E-state index contributed by atoms with van der Waals surface area (Å²) in [4.78, 5) is 16.7. The molecular formula is C17H16FN5O. The molecule has 2 aromatic heterocycles. The Bertz CT molecular complexity index is 909. The number of imidazole rings is 1. The first-order chi connectivity index (χ1) is 11.6. The molecule has 6 nitrogen and oxygen atoms in total. The summed E-state index contributed by atoms with van der Waals surface area (Å²) in [6.45, 7) is 0. The highest BCUT2D eigenvalue weighted by Gasteiger charge is 2.52. The number of anilines is 1. The minimum Gasteiger partial charge on any atom is -0.319 e. The number of halogens is 1. The first kappa shape index (κ1) is 14.6. The summed E-state index contributed by atoms with van der Waals surface area (Å²) >= 11 is 0. The van der Waals surface area contributed by atoms with Gasteiger partial charge in [-0.3, -0.25) is 4.79 Å². The van der Waals surface area contributed by atoms with Crippen molar-refractivity contribution in [1.29, 1.82) is 0 Å². The molecule has 122 valence electrons. The largest absolute Gasteiger partial charge is 0.319 e. The van der Waals surface area contributed by atoms with E-state index in [1.165, 1.54) is 6.07 Å². The number of carbonyl (C=O) groups is 1. The maximum atomic E-state index is 14.0. The summed E-state index contributed by atoms with van der Waals surface area (Å²) in [6, 6.07) is 8.16. The quantitative estimate of drug-likeness (QED) is 0.801. The lowest BCUT2D eigenvalue weighted by molar-refractivity contribution is -0.118. The maximum Gasteiger partial charge on any atom is 0.236 e. The topological polar surface area (TPSA) is 64.7 Å². The van der Waals surface area contributed by atoms with Gasteiger partial charge in [0.15, 0.2) is 11.6 Å². The van der Waals surface area contributed by atoms with E-state index in [1.54, 1.807) is 47.7 Å². The number of nitrogens with one attached hydrogen (secondary N) is 1.